The monoisotopic (exact) mass is 473 g/mol. The van der Waals surface area contributed by atoms with Crippen LogP contribution in [0, 0.1) is 6.92 Å². The standard InChI is InChI=1S/C26H31N7O2/c1-20-24-23(25(31-16-7-8-17-31)33(29-24)21-10-3-2-4-11-21)26(35)32(28-20)18-9-12-22(34)27-13-19-30-14-5-6-15-30/h2-4,7-8,10-11,16-17H,5-6,9,12-15,18-19H2,1H3,(H,27,34). The van der Waals surface area contributed by atoms with Crippen LogP contribution in [0.3, 0.4) is 0 Å². The summed E-state index contributed by atoms with van der Waals surface area (Å²) in [6, 6.07) is 13.6. The second kappa shape index (κ2) is 10.3. The van der Waals surface area contributed by atoms with Crippen molar-refractivity contribution < 1.29 is 4.79 Å². The fraction of sp³-hybridized carbons (Fsp3) is 0.385. The summed E-state index contributed by atoms with van der Waals surface area (Å²) in [5.41, 5.74) is 1.92. The minimum atomic E-state index is -0.203. The molecule has 0 unspecified atom stereocenters. The molecule has 0 saturated carbocycles. The van der Waals surface area contributed by atoms with Gasteiger partial charge < -0.3 is 14.8 Å². The average Bonchev–Trinajstić information content (AvgIpc) is 3.63. The summed E-state index contributed by atoms with van der Waals surface area (Å²) < 4.78 is 5.17. The fourth-order valence-electron chi connectivity index (χ4n) is 4.71. The average molecular weight is 474 g/mol. The highest BCUT2D eigenvalue weighted by Gasteiger charge is 2.21. The molecule has 0 radical (unpaired) electrons. The van der Waals surface area contributed by atoms with Gasteiger partial charge in [0.25, 0.3) is 5.56 Å². The molecule has 1 aliphatic rings. The number of nitrogens with one attached hydrogen (secondary N) is 1. The molecule has 0 atom stereocenters. The van der Waals surface area contributed by atoms with Gasteiger partial charge in [0.1, 0.15) is 10.9 Å². The van der Waals surface area contributed by atoms with Crippen molar-refractivity contribution in [1.29, 1.82) is 0 Å². The van der Waals surface area contributed by atoms with E-state index in [1.807, 2.05) is 66.3 Å². The number of carbonyl (C=O) groups is 1. The number of aromatic nitrogens is 5. The minimum Gasteiger partial charge on any atom is -0.355 e. The van der Waals surface area contributed by atoms with Gasteiger partial charge in [0.15, 0.2) is 5.82 Å². The predicted molar refractivity (Wildman–Crippen MR) is 135 cm³/mol. The van der Waals surface area contributed by atoms with E-state index in [-0.39, 0.29) is 11.5 Å². The molecular formula is C26H31N7O2. The molecule has 0 aliphatic carbocycles. The number of para-hydroxylation sites is 1. The van der Waals surface area contributed by atoms with Crippen molar-refractivity contribution in [2.45, 2.75) is 39.2 Å². The molecule has 1 amide bonds. The summed E-state index contributed by atoms with van der Waals surface area (Å²) in [6.07, 6.45) is 7.20. The summed E-state index contributed by atoms with van der Waals surface area (Å²) >= 11 is 0. The zero-order valence-corrected chi connectivity index (χ0v) is 20.1. The van der Waals surface area contributed by atoms with Crippen molar-refractivity contribution in [3.63, 3.8) is 0 Å². The fourth-order valence-corrected chi connectivity index (χ4v) is 4.71. The molecule has 9 heteroatoms. The van der Waals surface area contributed by atoms with Gasteiger partial charge in [0.2, 0.25) is 5.91 Å². The molecule has 3 aromatic heterocycles. The molecule has 1 aromatic carbocycles. The van der Waals surface area contributed by atoms with E-state index in [0.717, 1.165) is 25.3 Å². The van der Waals surface area contributed by atoms with E-state index in [4.69, 9.17) is 5.10 Å². The van der Waals surface area contributed by atoms with E-state index in [1.165, 1.54) is 17.5 Å². The Morgan fingerprint density at radius 2 is 1.74 bits per heavy atom. The first kappa shape index (κ1) is 23.0. The first-order valence-electron chi connectivity index (χ1n) is 12.3. The van der Waals surface area contributed by atoms with Crippen LogP contribution in [0.5, 0.6) is 0 Å². The summed E-state index contributed by atoms with van der Waals surface area (Å²) in [5, 5.41) is 12.8. The number of nitrogens with zero attached hydrogens (tertiary/aromatic N) is 6. The molecule has 1 N–H and O–H groups in total. The van der Waals surface area contributed by atoms with Crippen LogP contribution in [-0.2, 0) is 11.3 Å². The van der Waals surface area contributed by atoms with Gasteiger partial charge in [-0.25, -0.2) is 9.36 Å². The van der Waals surface area contributed by atoms with Crippen LogP contribution in [0.2, 0.25) is 0 Å². The van der Waals surface area contributed by atoms with Gasteiger partial charge in [-0.3, -0.25) is 9.59 Å². The third-order valence-corrected chi connectivity index (χ3v) is 6.50. The molecule has 1 aliphatic heterocycles. The highest BCUT2D eigenvalue weighted by atomic mass is 16.1. The van der Waals surface area contributed by atoms with Gasteiger partial charge in [0.05, 0.1) is 11.4 Å². The number of carbonyl (C=O) groups excluding carboxylic acids is 1. The van der Waals surface area contributed by atoms with E-state index >= 15 is 0 Å². The van der Waals surface area contributed by atoms with Gasteiger partial charge in [-0.15, -0.1) is 0 Å². The molecule has 5 rings (SSSR count). The Morgan fingerprint density at radius 3 is 2.49 bits per heavy atom. The summed E-state index contributed by atoms with van der Waals surface area (Å²) in [6.45, 7) is 6.05. The van der Waals surface area contributed by atoms with Crippen molar-refractivity contribution in [3.8, 4) is 11.5 Å². The first-order chi connectivity index (χ1) is 17.1. The lowest BCUT2D eigenvalue weighted by Crippen LogP contribution is -2.33. The Balaban J connectivity index is 1.36. The second-order valence-corrected chi connectivity index (χ2v) is 9.00. The van der Waals surface area contributed by atoms with Crippen molar-refractivity contribution in [3.05, 3.63) is 70.9 Å². The van der Waals surface area contributed by atoms with Crippen LogP contribution in [0.1, 0.15) is 31.4 Å². The van der Waals surface area contributed by atoms with E-state index < -0.39 is 0 Å². The molecule has 0 spiro atoms. The normalized spacial score (nSPS) is 14.1. The quantitative estimate of drug-likeness (QED) is 0.404. The number of rotatable bonds is 9. The maximum absolute atomic E-state index is 13.6. The number of hydrogen-bond donors (Lipinski definition) is 1. The SMILES string of the molecule is Cc1nn(CCCC(=O)NCCN2CCCC2)c(=O)c2c(-n3cccc3)n(-c3ccccc3)nc12. The molecule has 35 heavy (non-hydrogen) atoms. The number of likely N-dealkylation sites (tertiary alicyclic amines) is 1. The Kier molecular flexibility index (Phi) is 6.76. The molecule has 9 nitrogen and oxygen atoms in total. The highest BCUT2D eigenvalue weighted by Crippen LogP contribution is 2.24. The van der Waals surface area contributed by atoms with E-state index in [2.05, 4.69) is 15.3 Å². The lowest BCUT2D eigenvalue weighted by atomic mass is 10.2. The molecular weight excluding hydrogens is 442 g/mol. The Hall–Kier alpha value is -3.72. The number of hydrogen-bond acceptors (Lipinski definition) is 5. The lowest BCUT2D eigenvalue weighted by molar-refractivity contribution is -0.121. The molecule has 4 heterocycles. The molecule has 4 aromatic rings. The van der Waals surface area contributed by atoms with Crippen molar-refractivity contribution in [1.82, 2.24) is 34.3 Å². The summed E-state index contributed by atoms with van der Waals surface area (Å²) in [4.78, 5) is 28.2. The molecule has 1 saturated heterocycles. The van der Waals surface area contributed by atoms with Gasteiger partial charge in [-0.05, 0) is 63.5 Å². The summed E-state index contributed by atoms with van der Waals surface area (Å²) in [5.74, 6) is 0.695. The smallest absolute Gasteiger partial charge is 0.280 e. The van der Waals surface area contributed by atoms with Gasteiger partial charge in [-0.1, -0.05) is 18.2 Å². The first-order valence-corrected chi connectivity index (χ1v) is 12.3. The van der Waals surface area contributed by atoms with Crippen LogP contribution < -0.4 is 10.9 Å². The van der Waals surface area contributed by atoms with Crippen LogP contribution in [-0.4, -0.2) is 61.1 Å². The number of aryl methyl sites for hydroxylation is 2. The third kappa shape index (κ3) is 4.90. The second-order valence-electron chi connectivity index (χ2n) is 9.00. The molecule has 182 valence electrons. The largest absolute Gasteiger partial charge is 0.355 e. The van der Waals surface area contributed by atoms with Crippen LogP contribution >= 0.6 is 0 Å². The molecule has 1 fully saturated rings. The lowest BCUT2D eigenvalue weighted by Gasteiger charge is -2.14. The predicted octanol–water partition coefficient (Wildman–Crippen LogP) is 2.67. The molecule has 0 bridgehead atoms. The number of fused-ring (bicyclic) bond motifs is 1. The summed E-state index contributed by atoms with van der Waals surface area (Å²) in [7, 11) is 0. The van der Waals surface area contributed by atoms with Gasteiger partial charge in [0, 0.05) is 38.4 Å². The minimum absolute atomic E-state index is 0.0139. The van der Waals surface area contributed by atoms with Crippen molar-refractivity contribution in [2.24, 2.45) is 0 Å². The highest BCUT2D eigenvalue weighted by molar-refractivity contribution is 5.87. The zero-order chi connectivity index (χ0) is 24.2. The maximum Gasteiger partial charge on any atom is 0.280 e. The Bertz CT molecular complexity index is 1350. The third-order valence-electron chi connectivity index (χ3n) is 6.50. The maximum atomic E-state index is 13.6. The van der Waals surface area contributed by atoms with Crippen molar-refractivity contribution in [2.75, 3.05) is 26.2 Å². The number of benzene rings is 1. The van der Waals surface area contributed by atoms with Crippen LogP contribution in [0.15, 0.2) is 59.7 Å². The topological polar surface area (TPSA) is 90.0 Å². The van der Waals surface area contributed by atoms with Crippen LogP contribution in [0.4, 0.5) is 0 Å². The number of amides is 1. The van der Waals surface area contributed by atoms with Gasteiger partial charge >= 0.3 is 0 Å². The van der Waals surface area contributed by atoms with Crippen LogP contribution in [0.25, 0.3) is 22.4 Å². The van der Waals surface area contributed by atoms with E-state index in [0.29, 0.717) is 48.3 Å². The van der Waals surface area contributed by atoms with E-state index in [9.17, 15) is 9.59 Å². The Labute approximate surface area is 204 Å². The zero-order valence-electron chi connectivity index (χ0n) is 20.1. The van der Waals surface area contributed by atoms with Gasteiger partial charge in [-0.2, -0.15) is 10.2 Å². The van der Waals surface area contributed by atoms with Crippen molar-refractivity contribution >= 4 is 16.8 Å². The van der Waals surface area contributed by atoms with E-state index in [1.54, 1.807) is 4.68 Å². The Morgan fingerprint density at radius 1 is 1.00 bits per heavy atom.